The third-order valence-corrected chi connectivity index (χ3v) is 6.33. The van der Waals surface area contributed by atoms with Gasteiger partial charge in [-0.2, -0.15) is 10.4 Å². The van der Waals surface area contributed by atoms with Crippen molar-refractivity contribution in [2.24, 2.45) is 5.41 Å². The second-order valence-electron chi connectivity index (χ2n) is 7.73. The van der Waals surface area contributed by atoms with Gasteiger partial charge in [0.2, 0.25) is 11.8 Å². The average molecular weight is 436 g/mol. The molecule has 1 saturated carbocycles. The summed E-state index contributed by atoms with van der Waals surface area (Å²) >= 11 is 1.51. The van der Waals surface area contributed by atoms with Gasteiger partial charge in [0.05, 0.1) is 40.7 Å². The Labute approximate surface area is 180 Å². The van der Waals surface area contributed by atoms with E-state index in [4.69, 9.17) is 9.68 Å². The fraction of sp³-hybridized carbons (Fsp3) is 0.333. The van der Waals surface area contributed by atoms with Gasteiger partial charge in [0.15, 0.2) is 6.80 Å². The Morgan fingerprint density at radius 3 is 2.87 bits per heavy atom. The quantitative estimate of drug-likeness (QED) is 0.412. The van der Waals surface area contributed by atoms with Crippen molar-refractivity contribution in [2.75, 3.05) is 0 Å². The maximum absolute atomic E-state index is 12.7. The number of fused-ring (bicyclic) bond motifs is 1. The lowest BCUT2D eigenvalue weighted by atomic mass is 10.00. The van der Waals surface area contributed by atoms with Gasteiger partial charge in [-0.05, 0) is 30.5 Å². The number of hydrogen-bond donors (Lipinski definition) is 0. The number of carbonyl (C=O) groups excluding carboxylic acids is 1. The Kier molecular flexibility index (Phi) is 4.82. The second kappa shape index (κ2) is 7.67. The first kappa shape index (κ1) is 19.5. The van der Waals surface area contributed by atoms with Crippen molar-refractivity contribution in [3.63, 3.8) is 0 Å². The lowest BCUT2D eigenvalue weighted by Crippen LogP contribution is -2.10. The van der Waals surface area contributed by atoms with Crippen molar-refractivity contribution < 1.29 is 13.6 Å². The second-order valence-corrected chi connectivity index (χ2v) is 8.84. The molecule has 0 bridgehead atoms. The van der Waals surface area contributed by atoms with Crippen molar-refractivity contribution in [3.8, 4) is 17.2 Å². The minimum absolute atomic E-state index is 0.0478. The summed E-state index contributed by atoms with van der Waals surface area (Å²) in [4.78, 5) is 16.8. The van der Waals surface area contributed by atoms with Crippen LogP contribution >= 0.6 is 11.3 Å². The number of carbonyl (C=O) groups is 1. The van der Waals surface area contributed by atoms with Gasteiger partial charge >= 0.3 is 0 Å². The molecule has 31 heavy (non-hydrogen) atoms. The molecule has 3 heterocycles. The van der Waals surface area contributed by atoms with Crippen molar-refractivity contribution in [3.05, 3.63) is 47.4 Å². The first-order valence-electron chi connectivity index (χ1n) is 9.78. The van der Waals surface area contributed by atoms with Crippen molar-refractivity contribution >= 4 is 27.3 Å². The zero-order valence-corrected chi connectivity index (χ0v) is 17.2. The van der Waals surface area contributed by atoms with Crippen LogP contribution in [0, 0.1) is 16.7 Å². The molecule has 1 aromatic carbocycles. The predicted molar refractivity (Wildman–Crippen MR) is 110 cm³/mol. The normalized spacial score (nSPS) is 14.6. The molecule has 1 fully saturated rings. The summed E-state index contributed by atoms with van der Waals surface area (Å²) in [6.07, 6.45) is 5.51. The van der Waals surface area contributed by atoms with Crippen LogP contribution in [0.5, 0.6) is 0 Å². The summed E-state index contributed by atoms with van der Waals surface area (Å²) in [5, 5.41) is 21.9. The largest absolute Gasteiger partial charge is 0.424 e. The zero-order valence-electron chi connectivity index (χ0n) is 16.4. The average Bonchev–Trinajstić information content (AvgIpc) is 3.13. The number of hydrogen-bond acceptors (Lipinski definition) is 8. The number of rotatable bonds is 8. The monoisotopic (exact) mass is 436 g/mol. The van der Waals surface area contributed by atoms with Crippen LogP contribution < -0.4 is 0 Å². The Bertz CT molecular complexity index is 1310. The van der Waals surface area contributed by atoms with E-state index < -0.39 is 12.2 Å². The van der Waals surface area contributed by atoms with Gasteiger partial charge < -0.3 is 4.42 Å². The SMILES string of the molecule is N#CC1(CC(=O)Cc2nnc(Cc3nc4ccc(-c5cnn(CF)c5)cc4s3)o2)CC1. The highest BCUT2D eigenvalue weighted by molar-refractivity contribution is 7.18. The Morgan fingerprint density at radius 2 is 2.13 bits per heavy atom. The van der Waals surface area contributed by atoms with E-state index in [-0.39, 0.29) is 24.5 Å². The first-order valence-corrected chi connectivity index (χ1v) is 10.6. The molecule has 156 valence electrons. The summed E-state index contributed by atoms with van der Waals surface area (Å²) < 4.78 is 20.6. The lowest BCUT2D eigenvalue weighted by Gasteiger charge is -2.01. The lowest BCUT2D eigenvalue weighted by molar-refractivity contribution is -0.119. The molecule has 5 rings (SSSR count). The van der Waals surface area contributed by atoms with E-state index >= 15 is 0 Å². The third kappa shape index (κ3) is 4.09. The summed E-state index contributed by atoms with van der Waals surface area (Å²) in [6, 6.07) is 8.06. The van der Waals surface area contributed by atoms with E-state index in [1.165, 1.54) is 16.0 Å². The topological polar surface area (TPSA) is 110 Å². The molecular formula is C21H17FN6O2S. The fourth-order valence-corrected chi connectivity index (χ4v) is 4.45. The highest BCUT2D eigenvalue weighted by atomic mass is 32.1. The van der Waals surface area contributed by atoms with Crippen LogP contribution in [0.2, 0.25) is 0 Å². The molecular weight excluding hydrogens is 419 g/mol. The molecule has 0 amide bonds. The molecule has 0 N–H and O–H groups in total. The molecule has 1 aliphatic rings. The highest BCUT2D eigenvalue weighted by Gasteiger charge is 2.44. The number of benzene rings is 1. The Hall–Kier alpha value is -3.45. The van der Waals surface area contributed by atoms with Crippen molar-refractivity contribution in [1.29, 1.82) is 5.26 Å². The van der Waals surface area contributed by atoms with Crippen molar-refractivity contribution in [1.82, 2.24) is 25.0 Å². The standard InChI is InChI=1S/C21H17FN6O2S/c22-12-28-10-14(9-24-28)13-1-2-16-17(5-13)31-20(25-16)7-19-27-26-18(30-19)6-15(29)8-21(11-23)3-4-21/h1-2,5,9-10H,3-4,6-8,12H2. The summed E-state index contributed by atoms with van der Waals surface area (Å²) in [7, 11) is 0. The molecule has 10 heteroatoms. The molecule has 0 atom stereocenters. The maximum atomic E-state index is 12.7. The minimum atomic E-state index is -0.663. The van der Waals surface area contributed by atoms with Gasteiger partial charge in [0, 0.05) is 18.2 Å². The van der Waals surface area contributed by atoms with Gasteiger partial charge in [-0.3, -0.25) is 4.79 Å². The number of ketones is 1. The number of aromatic nitrogens is 5. The van der Waals surface area contributed by atoms with Crippen LogP contribution in [0.1, 0.15) is 36.1 Å². The van der Waals surface area contributed by atoms with Gasteiger partial charge in [-0.25, -0.2) is 14.1 Å². The Balaban J connectivity index is 1.27. The number of thiazole rings is 1. The molecule has 0 spiro atoms. The van der Waals surface area contributed by atoms with E-state index in [2.05, 4.69) is 26.3 Å². The molecule has 0 saturated heterocycles. The number of alkyl halides is 1. The third-order valence-electron chi connectivity index (χ3n) is 5.31. The molecule has 0 unspecified atom stereocenters. The van der Waals surface area contributed by atoms with Crippen LogP contribution in [0.3, 0.4) is 0 Å². The summed E-state index contributed by atoms with van der Waals surface area (Å²) in [6.45, 7) is -0.663. The number of nitriles is 1. The summed E-state index contributed by atoms with van der Waals surface area (Å²) in [5.41, 5.74) is 2.16. The van der Waals surface area contributed by atoms with Gasteiger partial charge in [0.25, 0.3) is 0 Å². The van der Waals surface area contributed by atoms with Gasteiger partial charge in [0.1, 0.15) is 10.8 Å². The highest BCUT2D eigenvalue weighted by Crippen LogP contribution is 2.48. The smallest absolute Gasteiger partial charge is 0.223 e. The van der Waals surface area contributed by atoms with E-state index in [1.54, 1.807) is 12.4 Å². The molecule has 4 aromatic rings. The van der Waals surface area contributed by atoms with E-state index in [0.29, 0.717) is 12.3 Å². The summed E-state index contributed by atoms with van der Waals surface area (Å²) in [5.74, 6) is 0.604. The van der Waals surface area contributed by atoms with Gasteiger partial charge in [-0.15, -0.1) is 21.5 Å². The molecule has 1 aliphatic carbocycles. The molecule has 3 aromatic heterocycles. The number of Topliss-reactive ketones (excluding diaryl/α,β-unsaturated/α-hetero) is 1. The molecule has 0 aliphatic heterocycles. The van der Waals surface area contributed by atoms with Crippen LogP contribution in [0.25, 0.3) is 21.3 Å². The number of nitrogens with zero attached hydrogens (tertiary/aromatic N) is 6. The van der Waals surface area contributed by atoms with Crippen LogP contribution in [-0.4, -0.2) is 30.7 Å². The number of halogens is 1. The van der Waals surface area contributed by atoms with E-state index in [0.717, 1.165) is 39.2 Å². The Morgan fingerprint density at radius 1 is 1.29 bits per heavy atom. The predicted octanol–water partition coefficient (Wildman–Crippen LogP) is 3.87. The zero-order chi connectivity index (χ0) is 21.4. The van der Waals surface area contributed by atoms with E-state index in [1.807, 2.05) is 18.2 Å². The minimum Gasteiger partial charge on any atom is -0.424 e. The van der Waals surface area contributed by atoms with Crippen LogP contribution in [0.4, 0.5) is 4.39 Å². The molecule has 8 nitrogen and oxygen atoms in total. The maximum Gasteiger partial charge on any atom is 0.223 e. The first-order chi connectivity index (χ1) is 15.1. The molecule has 0 radical (unpaired) electrons. The van der Waals surface area contributed by atoms with Crippen LogP contribution in [0.15, 0.2) is 35.0 Å². The van der Waals surface area contributed by atoms with Crippen molar-refractivity contribution in [2.45, 2.75) is 38.9 Å². The fourth-order valence-electron chi connectivity index (χ4n) is 3.45. The van der Waals surface area contributed by atoms with E-state index in [9.17, 15) is 9.18 Å². The van der Waals surface area contributed by atoms with Gasteiger partial charge in [-0.1, -0.05) is 6.07 Å². The van der Waals surface area contributed by atoms with Crippen LogP contribution in [-0.2, 0) is 24.4 Å².